The van der Waals surface area contributed by atoms with Crippen molar-refractivity contribution in [1.82, 2.24) is 0 Å². The Bertz CT molecular complexity index is 377. The van der Waals surface area contributed by atoms with Crippen LogP contribution in [0.1, 0.15) is 63.9 Å². The Balaban J connectivity index is 1.73. The fourth-order valence-corrected chi connectivity index (χ4v) is 3.02. The van der Waals surface area contributed by atoms with Crippen molar-refractivity contribution in [3.8, 4) is 5.75 Å². The Morgan fingerprint density at radius 1 is 1.10 bits per heavy atom. The summed E-state index contributed by atoms with van der Waals surface area (Å²) in [5, 5.41) is 10.1. The van der Waals surface area contributed by atoms with Crippen molar-refractivity contribution in [2.24, 2.45) is 5.92 Å². The average Bonchev–Trinajstić information content (AvgIpc) is 2.46. The molecule has 0 aliphatic heterocycles. The molecular weight excluding hydrogens is 248 g/mol. The molecule has 2 rings (SSSR count). The topological polar surface area (TPSA) is 29.5 Å². The van der Waals surface area contributed by atoms with E-state index < -0.39 is 0 Å². The number of aliphatic hydroxyl groups is 1. The first kappa shape index (κ1) is 15.4. The molecule has 1 aliphatic rings. The molecule has 1 aromatic carbocycles. The minimum atomic E-state index is -0.331. The Morgan fingerprint density at radius 3 is 2.35 bits per heavy atom. The standard InChI is InChI=1S/C18H28O2/c1-14(2)16-8-10-18(11-9-16)20-13-17(19)12-15-6-4-3-5-7-15/h8-11,14-15,17,19H,3-7,12-13H2,1-2H3. The molecule has 1 aromatic rings. The Morgan fingerprint density at radius 2 is 1.75 bits per heavy atom. The molecule has 1 fully saturated rings. The lowest BCUT2D eigenvalue weighted by Gasteiger charge is -2.24. The van der Waals surface area contributed by atoms with E-state index in [2.05, 4.69) is 26.0 Å². The number of hydrogen-bond acceptors (Lipinski definition) is 2. The summed E-state index contributed by atoms with van der Waals surface area (Å²) in [4.78, 5) is 0. The Labute approximate surface area is 123 Å². The fraction of sp³-hybridized carbons (Fsp3) is 0.667. The van der Waals surface area contributed by atoms with E-state index in [1.54, 1.807) is 0 Å². The molecule has 0 aromatic heterocycles. The van der Waals surface area contributed by atoms with Crippen LogP contribution in [0.5, 0.6) is 5.75 Å². The van der Waals surface area contributed by atoms with Crippen LogP contribution in [0.25, 0.3) is 0 Å². The SMILES string of the molecule is CC(C)c1ccc(OCC(O)CC2CCCCC2)cc1. The molecule has 112 valence electrons. The highest BCUT2D eigenvalue weighted by atomic mass is 16.5. The second-order valence-corrected chi connectivity index (χ2v) is 6.43. The third-order valence-electron chi connectivity index (χ3n) is 4.32. The van der Waals surface area contributed by atoms with Gasteiger partial charge in [-0.05, 0) is 36.0 Å². The lowest BCUT2D eigenvalue weighted by molar-refractivity contribution is 0.0782. The van der Waals surface area contributed by atoms with Crippen LogP contribution in [0.15, 0.2) is 24.3 Å². The van der Waals surface area contributed by atoms with Crippen LogP contribution in [-0.4, -0.2) is 17.8 Å². The van der Waals surface area contributed by atoms with E-state index in [4.69, 9.17) is 4.74 Å². The number of aliphatic hydroxyl groups excluding tert-OH is 1. The van der Waals surface area contributed by atoms with Crippen LogP contribution in [0, 0.1) is 5.92 Å². The highest BCUT2D eigenvalue weighted by molar-refractivity contribution is 5.28. The van der Waals surface area contributed by atoms with Crippen LogP contribution < -0.4 is 4.74 Å². The van der Waals surface area contributed by atoms with Crippen LogP contribution in [0.4, 0.5) is 0 Å². The molecule has 0 heterocycles. The van der Waals surface area contributed by atoms with E-state index in [1.165, 1.54) is 37.7 Å². The maximum absolute atomic E-state index is 10.1. The van der Waals surface area contributed by atoms with Crippen LogP contribution >= 0.6 is 0 Å². The van der Waals surface area contributed by atoms with Crippen molar-refractivity contribution < 1.29 is 9.84 Å². The Hall–Kier alpha value is -1.02. The second kappa shape index (κ2) is 7.68. The van der Waals surface area contributed by atoms with Crippen LogP contribution in [0.2, 0.25) is 0 Å². The summed E-state index contributed by atoms with van der Waals surface area (Å²) in [6, 6.07) is 8.21. The van der Waals surface area contributed by atoms with Crippen LogP contribution in [-0.2, 0) is 0 Å². The van der Waals surface area contributed by atoms with E-state index >= 15 is 0 Å². The highest BCUT2D eigenvalue weighted by Crippen LogP contribution is 2.27. The number of hydrogen-bond donors (Lipinski definition) is 1. The van der Waals surface area contributed by atoms with E-state index in [1.807, 2.05) is 12.1 Å². The van der Waals surface area contributed by atoms with Gasteiger partial charge in [0.1, 0.15) is 12.4 Å². The van der Waals surface area contributed by atoms with Gasteiger partial charge in [0.15, 0.2) is 0 Å². The number of benzene rings is 1. The van der Waals surface area contributed by atoms with Crippen molar-refractivity contribution in [1.29, 1.82) is 0 Å². The summed E-state index contributed by atoms with van der Waals surface area (Å²) in [7, 11) is 0. The van der Waals surface area contributed by atoms with E-state index in [9.17, 15) is 5.11 Å². The van der Waals surface area contributed by atoms with Gasteiger partial charge in [-0.1, -0.05) is 58.1 Å². The molecule has 1 aliphatic carbocycles. The predicted octanol–water partition coefficient (Wildman–Crippen LogP) is 4.52. The summed E-state index contributed by atoms with van der Waals surface area (Å²) in [6.07, 6.45) is 7.14. The zero-order valence-electron chi connectivity index (χ0n) is 12.8. The second-order valence-electron chi connectivity index (χ2n) is 6.43. The van der Waals surface area contributed by atoms with Crippen molar-refractivity contribution in [2.45, 2.75) is 64.4 Å². The Kier molecular flexibility index (Phi) is 5.90. The van der Waals surface area contributed by atoms with E-state index in [-0.39, 0.29) is 6.10 Å². The van der Waals surface area contributed by atoms with Crippen LogP contribution in [0.3, 0.4) is 0 Å². The van der Waals surface area contributed by atoms with Crippen molar-refractivity contribution in [2.75, 3.05) is 6.61 Å². The molecule has 0 spiro atoms. The van der Waals surface area contributed by atoms with Gasteiger partial charge >= 0.3 is 0 Å². The number of rotatable bonds is 6. The molecule has 2 heteroatoms. The lowest BCUT2D eigenvalue weighted by Crippen LogP contribution is -2.22. The molecule has 1 unspecified atom stereocenters. The summed E-state index contributed by atoms with van der Waals surface area (Å²) < 4.78 is 5.69. The first-order valence-corrected chi connectivity index (χ1v) is 8.06. The fourth-order valence-electron chi connectivity index (χ4n) is 3.02. The molecule has 1 N–H and O–H groups in total. The third kappa shape index (κ3) is 4.82. The lowest BCUT2D eigenvalue weighted by atomic mass is 9.85. The van der Waals surface area contributed by atoms with E-state index in [0.29, 0.717) is 18.4 Å². The number of ether oxygens (including phenoxy) is 1. The monoisotopic (exact) mass is 276 g/mol. The summed E-state index contributed by atoms with van der Waals surface area (Å²) in [5.41, 5.74) is 1.32. The maximum Gasteiger partial charge on any atom is 0.119 e. The highest BCUT2D eigenvalue weighted by Gasteiger charge is 2.17. The van der Waals surface area contributed by atoms with Gasteiger partial charge in [0, 0.05) is 0 Å². The van der Waals surface area contributed by atoms with Gasteiger partial charge in [0.25, 0.3) is 0 Å². The molecule has 2 nitrogen and oxygen atoms in total. The molecule has 0 amide bonds. The molecule has 20 heavy (non-hydrogen) atoms. The van der Waals surface area contributed by atoms with Crippen molar-refractivity contribution in [3.63, 3.8) is 0 Å². The van der Waals surface area contributed by atoms with Crippen molar-refractivity contribution in [3.05, 3.63) is 29.8 Å². The van der Waals surface area contributed by atoms with E-state index in [0.717, 1.165) is 12.2 Å². The predicted molar refractivity (Wildman–Crippen MR) is 83.2 cm³/mol. The summed E-state index contributed by atoms with van der Waals surface area (Å²) >= 11 is 0. The normalized spacial score (nSPS) is 18.2. The van der Waals surface area contributed by atoms with Gasteiger partial charge in [0.2, 0.25) is 0 Å². The largest absolute Gasteiger partial charge is 0.491 e. The molecular formula is C18H28O2. The first-order valence-electron chi connectivity index (χ1n) is 8.06. The minimum absolute atomic E-state index is 0.331. The molecule has 0 bridgehead atoms. The zero-order chi connectivity index (χ0) is 14.4. The van der Waals surface area contributed by atoms with Gasteiger partial charge in [-0.25, -0.2) is 0 Å². The third-order valence-corrected chi connectivity index (χ3v) is 4.32. The molecule has 0 radical (unpaired) electrons. The van der Waals surface area contributed by atoms with Gasteiger partial charge in [-0.3, -0.25) is 0 Å². The quantitative estimate of drug-likeness (QED) is 0.827. The van der Waals surface area contributed by atoms with Crippen molar-refractivity contribution >= 4 is 0 Å². The molecule has 1 atom stereocenters. The molecule has 1 saturated carbocycles. The van der Waals surface area contributed by atoms with Gasteiger partial charge < -0.3 is 9.84 Å². The summed E-state index contributed by atoms with van der Waals surface area (Å²) in [6.45, 7) is 4.78. The zero-order valence-corrected chi connectivity index (χ0v) is 12.8. The summed E-state index contributed by atoms with van der Waals surface area (Å²) in [5.74, 6) is 2.10. The minimum Gasteiger partial charge on any atom is -0.491 e. The maximum atomic E-state index is 10.1. The smallest absolute Gasteiger partial charge is 0.119 e. The van der Waals surface area contributed by atoms with Gasteiger partial charge in [0.05, 0.1) is 6.10 Å². The average molecular weight is 276 g/mol. The molecule has 0 saturated heterocycles. The first-order chi connectivity index (χ1) is 9.65. The van der Waals surface area contributed by atoms with Gasteiger partial charge in [-0.2, -0.15) is 0 Å². The van der Waals surface area contributed by atoms with Gasteiger partial charge in [-0.15, -0.1) is 0 Å².